The maximum atomic E-state index is 12.0. The van der Waals surface area contributed by atoms with Gasteiger partial charge in [0.15, 0.2) is 0 Å². The first-order valence-corrected chi connectivity index (χ1v) is 8.75. The van der Waals surface area contributed by atoms with E-state index in [9.17, 15) is 14.7 Å². The lowest BCUT2D eigenvalue weighted by Crippen LogP contribution is -2.49. The van der Waals surface area contributed by atoms with E-state index in [0.717, 1.165) is 22.2 Å². The Hall–Kier alpha value is -1.99. The van der Waals surface area contributed by atoms with Crippen LogP contribution in [-0.4, -0.2) is 46.1 Å². The molecular weight excluding hydrogens is 314 g/mol. The number of carbonyl (C=O) groups is 2. The number of fused-ring (bicyclic) bond motifs is 1. The van der Waals surface area contributed by atoms with Gasteiger partial charge < -0.3 is 21.1 Å². The van der Waals surface area contributed by atoms with E-state index in [1.165, 1.54) is 0 Å². The molecule has 0 saturated carbocycles. The van der Waals surface area contributed by atoms with Crippen LogP contribution in [0.25, 0.3) is 10.9 Å². The molecule has 0 bridgehead atoms. The van der Waals surface area contributed by atoms with Crippen LogP contribution in [0.4, 0.5) is 0 Å². The van der Waals surface area contributed by atoms with Crippen molar-refractivity contribution in [1.82, 2.24) is 10.3 Å². The first-order chi connectivity index (χ1) is 11.0. The largest absolute Gasteiger partial charge is 0.480 e. The second-order valence-electron chi connectivity index (χ2n) is 5.35. The Balaban J connectivity index is 2.07. The fourth-order valence-corrected chi connectivity index (χ4v) is 2.86. The lowest BCUT2D eigenvalue weighted by molar-refractivity contribution is -0.141. The van der Waals surface area contributed by atoms with Gasteiger partial charge in [0.25, 0.3) is 0 Å². The average Bonchev–Trinajstić information content (AvgIpc) is 2.95. The number of hydrogen-bond acceptors (Lipinski definition) is 4. The molecule has 0 aliphatic heterocycles. The molecule has 5 N–H and O–H groups in total. The molecule has 1 heterocycles. The van der Waals surface area contributed by atoms with Gasteiger partial charge in [0.2, 0.25) is 5.91 Å². The van der Waals surface area contributed by atoms with Crippen molar-refractivity contribution in [1.29, 1.82) is 0 Å². The number of nitrogens with two attached hydrogens (primary N) is 1. The summed E-state index contributed by atoms with van der Waals surface area (Å²) < 4.78 is 0. The van der Waals surface area contributed by atoms with Crippen LogP contribution in [-0.2, 0) is 16.0 Å². The summed E-state index contributed by atoms with van der Waals surface area (Å²) in [5.74, 6) is -0.735. The van der Waals surface area contributed by atoms with E-state index < -0.39 is 24.0 Å². The average molecular weight is 335 g/mol. The molecular formula is C16H21N3O3S. The second kappa shape index (κ2) is 8.03. The van der Waals surface area contributed by atoms with Gasteiger partial charge in [-0.2, -0.15) is 11.8 Å². The minimum Gasteiger partial charge on any atom is -0.480 e. The molecule has 23 heavy (non-hydrogen) atoms. The lowest BCUT2D eigenvalue weighted by atomic mass is 10.0. The molecule has 0 fully saturated rings. The van der Waals surface area contributed by atoms with Gasteiger partial charge >= 0.3 is 5.97 Å². The summed E-state index contributed by atoms with van der Waals surface area (Å²) in [6.07, 6.45) is 4.44. The number of carbonyl (C=O) groups excluding carboxylic acids is 1. The molecule has 0 saturated heterocycles. The van der Waals surface area contributed by atoms with E-state index in [2.05, 4.69) is 10.3 Å². The number of para-hydroxylation sites is 1. The number of thioether (sulfide) groups is 1. The normalized spacial score (nSPS) is 13.7. The van der Waals surface area contributed by atoms with Gasteiger partial charge in [0, 0.05) is 23.5 Å². The molecule has 0 aliphatic carbocycles. The summed E-state index contributed by atoms with van der Waals surface area (Å²) in [6.45, 7) is 0. The van der Waals surface area contributed by atoms with Crippen molar-refractivity contribution >= 4 is 34.5 Å². The number of carboxylic acids is 1. The Labute approximate surface area is 138 Å². The highest BCUT2D eigenvalue weighted by Crippen LogP contribution is 2.19. The SMILES string of the molecule is CSCCC(N)C(=O)N[C@@H](Cc1c[nH]c2ccccc12)C(=O)O. The van der Waals surface area contributed by atoms with E-state index in [4.69, 9.17) is 5.73 Å². The van der Waals surface area contributed by atoms with E-state index in [-0.39, 0.29) is 6.42 Å². The Bertz CT molecular complexity index is 686. The third kappa shape index (κ3) is 4.49. The third-order valence-electron chi connectivity index (χ3n) is 3.68. The molecule has 1 aromatic heterocycles. The monoisotopic (exact) mass is 335 g/mol. The zero-order valence-corrected chi connectivity index (χ0v) is 13.7. The van der Waals surface area contributed by atoms with Crippen LogP contribution in [0.15, 0.2) is 30.5 Å². The molecule has 2 atom stereocenters. The van der Waals surface area contributed by atoms with Gasteiger partial charge in [-0.25, -0.2) is 4.79 Å². The molecule has 0 spiro atoms. The maximum Gasteiger partial charge on any atom is 0.326 e. The molecule has 1 amide bonds. The zero-order chi connectivity index (χ0) is 16.8. The van der Waals surface area contributed by atoms with Crippen molar-refractivity contribution in [3.8, 4) is 0 Å². The highest BCUT2D eigenvalue weighted by Gasteiger charge is 2.24. The number of aromatic nitrogens is 1. The van der Waals surface area contributed by atoms with Gasteiger partial charge in [-0.1, -0.05) is 18.2 Å². The quantitative estimate of drug-likeness (QED) is 0.582. The van der Waals surface area contributed by atoms with Crippen molar-refractivity contribution in [2.75, 3.05) is 12.0 Å². The number of hydrogen-bond donors (Lipinski definition) is 4. The van der Waals surface area contributed by atoms with Crippen molar-refractivity contribution in [3.05, 3.63) is 36.0 Å². The summed E-state index contributed by atoms with van der Waals surface area (Å²) in [5.41, 5.74) is 7.58. The van der Waals surface area contributed by atoms with Crippen LogP contribution in [0.3, 0.4) is 0 Å². The third-order valence-corrected chi connectivity index (χ3v) is 4.33. The van der Waals surface area contributed by atoms with Gasteiger partial charge in [-0.15, -0.1) is 0 Å². The van der Waals surface area contributed by atoms with E-state index in [1.54, 1.807) is 18.0 Å². The minimum atomic E-state index is -1.07. The van der Waals surface area contributed by atoms with Crippen LogP contribution in [0, 0.1) is 0 Å². The predicted molar refractivity (Wildman–Crippen MR) is 92.5 cm³/mol. The number of amides is 1. The summed E-state index contributed by atoms with van der Waals surface area (Å²) in [4.78, 5) is 26.6. The van der Waals surface area contributed by atoms with Crippen molar-refractivity contribution in [2.24, 2.45) is 5.73 Å². The van der Waals surface area contributed by atoms with Gasteiger partial charge in [0.1, 0.15) is 6.04 Å². The molecule has 1 aromatic carbocycles. The summed E-state index contributed by atoms with van der Waals surface area (Å²) in [5, 5.41) is 12.9. The van der Waals surface area contributed by atoms with Crippen LogP contribution in [0.2, 0.25) is 0 Å². The van der Waals surface area contributed by atoms with Crippen LogP contribution >= 0.6 is 11.8 Å². The molecule has 0 aliphatic rings. The highest BCUT2D eigenvalue weighted by atomic mass is 32.2. The summed E-state index contributed by atoms with van der Waals surface area (Å²) in [6, 6.07) is 5.96. The number of rotatable bonds is 8. The van der Waals surface area contributed by atoms with Crippen LogP contribution in [0.1, 0.15) is 12.0 Å². The van der Waals surface area contributed by atoms with Crippen molar-refractivity contribution < 1.29 is 14.7 Å². The fraction of sp³-hybridized carbons (Fsp3) is 0.375. The summed E-state index contributed by atoms with van der Waals surface area (Å²) >= 11 is 1.60. The van der Waals surface area contributed by atoms with E-state index in [0.29, 0.717) is 6.42 Å². The number of carboxylic acid groups (broad SMARTS) is 1. The van der Waals surface area contributed by atoms with Crippen molar-refractivity contribution in [2.45, 2.75) is 24.9 Å². The Morgan fingerprint density at radius 2 is 2.13 bits per heavy atom. The second-order valence-corrected chi connectivity index (χ2v) is 6.34. The Morgan fingerprint density at radius 3 is 2.83 bits per heavy atom. The molecule has 7 heteroatoms. The first-order valence-electron chi connectivity index (χ1n) is 7.35. The van der Waals surface area contributed by atoms with Gasteiger partial charge in [0.05, 0.1) is 6.04 Å². The van der Waals surface area contributed by atoms with E-state index >= 15 is 0 Å². The van der Waals surface area contributed by atoms with Gasteiger partial charge in [-0.05, 0) is 30.1 Å². The number of aromatic amines is 1. The highest BCUT2D eigenvalue weighted by molar-refractivity contribution is 7.98. The van der Waals surface area contributed by atoms with Gasteiger partial charge in [-0.3, -0.25) is 4.79 Å². The smallest absolute Gasteiger partial charge is 0.326 e. The number of aliphatic carboxylic acids is 1. The number of benzene rings is 1. The standard InChI is InChI=1S/C16H21N3O3S/c1-23-7-6-12(17)15(20)19-14(16(21)22)8-10-9-18-13-5-3-2-4-11(10)13/h2-5,9,12,14,18H,6-8,17H2,1H3,(H,19,20)(H,21,22)/t12?,14-/m0/s1. The topological polar surface area (TPSA) is 108 Å². The van der Waals surface area contributed by atoms with E-state index in [1.807, 2.05) is 30.5 Å². The minimum absolute atomic E-state index is 0.209. The van der Waals surface area contributed by atoms with Crippen LogP contribution < -0.4 is 11.1 Å². The molecule has 6 nitrogen and oxygen atoms in total. The predicted octanol–water partition coefficient (Wildman–Crippen LogP) is 1.36. The lowest BCUT2D eigenvalue weighted by Gasteiger charge is -2.17. The maximum absolute atomic E-state index is 12.0. The number of H-pyrrole nitrogens is 1. The van der Waals surface area contributed by atoms with Crippen molar-refractivity contribution in [3.63, 3.8) is 0 Å². The number of nitrogens with one attached hydrogen (secondary N) is 2. The molecule has 0 radical (unpaired) electrons. The molecule has 1 unspecified atom stereocenters. The Kier molecular flexibility index (Phi) is 6.06. The molecule has 2 aromatic rings. The Morgan fingerprint density at radius 1 is 1.39 bits per heavy atom. The summed E-state index contributed by atoms with van der Waals surface area (Å²) in [7, 11) is 0. The molecule has 2 rings (SSSR count). The first kappa shape index (κ1) is 17.4. The zero-order valence-electron chi connectivity index (χ0n) is 12.9. The fourth-order valence-electron chi connectivity index (χ4n) is 2.38. The van der Waals surface area contributed by atoms with Crippen LogP contribution in [0.5, 0.6) is 0 Å². The molecule has 124 valence electrons.